The van der Waals surface area contributed by atoms with Crippen LogP contribution in [0.2, 0.25) is 0 Å². The van der Waals surface area contributed by atoms with Crippen molar-refractivity contribution in [2.24, 2.45) is 5.92 Å². The van der Waals surface area contributed by atoms with Crippen molar-refractivity contribution in [1.82, 2.24) is 24.8 Å². The molecule has 6 heteroatoms. The van der Waals surface area contributed by atoms with E-state index in [4.69, 9.17) is 0 Å². The summed E-state index contributed by atoms with van der Waals surface area (Å²) >= 11 is 0. The molecule has 1 atom stereocenters. The molecule has 2 aliphatic rings. The van der Waals surface area contributed by atoms with Gasteiger partial charge in [-0.1, -0.05) is 0 Å². The quantitative estimate of drug-likeness (QED) is 0.929. The van der Waals surface area contributed by atoms with E-state index >= 15 is 0 Å². The van der Waals surface area contributed by atoms with Crippen molar-refractivity contribution in [3.8, 4) is 0 Å². The number of carbonyl (C=O) groups excluding carboxylic acids is 1. The van der Waals surface area contributed by atoms with E-state index in [1.54, 1.807) is 6.20 Å². The first kappa shape index (κ1) is 13.4. The Morgan fingerprint density at radius 2 is 2.23 bits per heavy atom. The lowest BCUT2D eigenvalue weighted by Gasteiger charge is -2.24. The van der Waals surface area contributed by atoms with Gasteiger partial charge in [-0.15, -0.1) is 0 Å². The molecule has 1 saturated carbocycles. The summed E-state index contributed by atoms with van der Waals surface area (Å²) in [6.07, 6.45) is 11.3. The zero-order chi connectivity index (χ0) is 14.9. The smallest absolute Gasteiger partial charge is 0.254 e. The van der Waals surface area contributed by atoms with Crippen LogP contribution in [0.25, 0.3) is 0 Å². The molecular formula is C16H19N5O. The van der Waals surface area contributed by atoms with Crippen LogP contribution in [0.15, 0.2) is 24.9 Å². The highest BCUT2D eigenvalue weighted by molar-refractivity contribution is 5.95. The van der Waals surface area contributed by atoms with Gasteiger partial charge < -0.3 is 9.88 Å². The fraction of sp³-hybridized carbons (Fsp3) is 0.500. The summed E-state index contributed by atoms with van der Waals surface area (Å²) in [5.41, 5.74) is 1.55. The van der Waals surface area contributed by atoms with Crippen LogP contribution in [0, 0.1) is 5.92 Å². The van der Waals surface area contributed by atoms with Gasteiger partial charge in [0.2, 0.25) is 0 Å². The van der Waals surface area contributed by atoms with Crippen molar-refractivity contribution in [3.63, 3.8) is 0 Å². The zero-order valence-electron chi connectivity index (χ0n) is 12.4. The fourth-order valence-corrected chi connectivity index (χ4v) is 3.13. The maximum atomic E-state index is 12.4. The van der Waals surface area contributed by atoms with Gasteiger partial charge >= 0.3 is 0 Å². The van der Waals surface area contributed by atoms with Crippen molar-refractivity contribution in [2.45, 2.75) is 38.1 Å². The molecule has 114 valence electrons. The number of carbonyl (C=O) groups is 1. The van der Waals surface area contributed by atoms with E-state index in [1.807, 2.05) is 12.4 Å². The molecule has 4 rings (SSSR count). The molecule has 0 saturated heterocycles. The first-order valence-electron chi connectivity index (χ1n) is 7.89. The third-order valence-electron chi connectivity index (χ3n) is 4.54. The first-order valence-corrected chi connectivity index (χ1v) is 7.89. The van der Waals surface area contributed by atoms with E-state index in [0.717, 1.165) is 43.7 Å². The van der Waals surface area contributed by atoms with Gasteiger partial charge in [0.1, 0.15) is 12.2 Å². The molecule has 0 bridgehead atoms. The molecule has 2 aromatic heterocycles. The van der Waals surface area contributed by atoms with Crippen LogP contribution in [0.3, 0.4) is 0 Å². The number of aryl methyl sites for hydroxylation is 1. The van der Waals surface area contributed by atoms with E-state index in [9.17, 15) is 4.79 Å². The van der Waals surface area contributed by atoms with Crippen molar-refractivity contribution in [3.05, 3.63) is 42.0 Å². The highest BCUT2D eigenvalue weighted by Gasteiger charge is 2.30. The number of hydrogen-bond acceptors (Lipinski definition) is 4. The molecule has 1 fully saturated rings. The van der Waals surface area contributed by atoms with Gasteiger partial charge in [0, 0.05) is 44.0 Å². The second kappa shape index (κ2) is 5.51. The largest absolute Gasteiger partial charge is 0.352 e. The van der Waals surface area contributed by atoms with Gasteiger partial charge in [0.25, 0.3) is 5.91 Å². The first-order chi connectivity index (χ1) is 10.8. The molecule has 22 heavy (non-hydrogen) atoms. The predicted octanol–water partition coefficient (Wildman–Crippen LogP) is 1.54. The van der Waals surface area contributed by atoms with Crippen molar-refractivity contribution < 1.29 is 4.79 Å². The minimum atomic E-state index is -0.0427. The van der Waals surface area contributed by atoms with Crippen molar-refractivity contribution in [1.29, 1.82) is 0 Å². The van der Waals surface area contributed by atoms with Crippen molar-refractivity contribution in [2.75, 3.05) is 6.54 Å². The average molecular weight is 297 g/mol. The second-order valence-electron chi connectivity index (χ2n) is 6.21. The number of amides is 1. The molecule has 0 aromatic carbocycles. The third-order valence-corrected chi connectivity index (χ3v) is 4.54. The molecule has 2 aromatic rings. The standard InChI is InChI=1S/C16H19N5O/c22-16(13-8-17-10-20-15(13)12-2-3-12)19-7-11-1-4-14-18-5-6-21(14)9-11/h5-6,8,10-12H,1-4,7,9H2,(H,19,22). The van der Waals surface area contributed by atoms with Crippen molar-refractivity contribution >= 4 is 5.91 Å². The highest BCUT2D eigenvalue weighted by Crippen LogP contribution is 2.40. The summed E-state index contributed by atoms with van der Waals surface area (Å²) in [7, 11) is 0. The summed E-state index contributed by atoms with van der Waals surface area (Å²) in [6, 6.07) is 0. The number of nitrogens with zero attached hydrogens (tertiary/aromatic N) is 4. The molecule has 1 amide bonds. The Morgan fingerprint density at radius 3 is 3.09 bits per heavy atom. The number of hydrogen-bond donors (Lipinski definition) is 1. The maximum absolute atomic E-state index is 12.4. The summed E-state index contributed by atoms with van der Waals surface area (Å²) < 4.78 is 2.18. The molecule has 0 spiro atoms. The van der Waals surface area contributed by atoms with Gasteiger partial charge in [-0.05, 0) is 25.2 Å². The molecule has 1 unspecified atom stereocenters. The van der Waals surface area contributed by atoms with Gasteiger partial charge in [-0.2, -0.15) is 0 Å². The van der Waals surface area contributed by atoms with E-state index < -0.39 is 0 Å². The minimum absolute atomic E-state index is 0.0427. The normalized spacial score (nSPS) is 20.5. The topological polar surface area (TPSA) is 72.7 Å². The molecule has 1 aliphatic heterocycles. The fourth-order valence-electron chi connectivity index (χ4n) is 3.13. The van der Waals surface area contributed by atoms with E-state index in [2.05, 4.69) is 24.8 Å². The Morgan fingerprint density at radius 1 is 1.32 bits per heavy atom. The van der Waals surface area contributed by atoms with Crippen LogP contribution in [0.5, 0.6) is 0 Å². The van der Waals surface area contributed by atoms with Crippen LogP contribution >= 0.6 is 0 Å². The number of fused-ring (bicyclic) bond motifs is 1. The SMILES string of the molecule is O=C(NCC1CCc2nccn2C1)c1cncnc1C1CC1. The Balaban J connectivity index is 1.39. The minimum Gasteiger partial charge on any atom is -0.352 e. The third kappa shape index (κ3) is 2.61. The van der Waals surface area contributed by atoms with Gasteiger partial charge in [0.15, 0.2) is 0 Å². The van der Waals surface area contributed by atoms with Gasteiger partial charge in [0.05, 0.1) is 11.3 Å². The number of aromatic nitrogens is 4. The zero-order valence-corrected chi connectivity index (χ0v) is 12.4. The Kier molecular flexibility index (Phi) is 3.36. The second-order valence-corrected chi connectivity index (χ2v) is 6.21. The monoisotopic (exact) mass is 297 g/mol. The summed E-state index contributed by atoms with van der Waals surface area (Å²) in [5.74, 6) is 2.01. The Bertz CT molecular complexity index is 691. The van der Waals surface area contributed by atoms with Gasteiger partial charge in [-0.25, -0.2) is 15.0 Å². The highest BCUT2D eigenvalue weighted by atomic mass is 16.1. The molecule has 0 radical (unpaired) electrons. The van der Waals surface area contributed by atoms with Crippen LogP contribution in [-0.2, 0) is 13.0 Å². The average Bonchev–Trinajstić information content (AvgIpc) is 3.30. The molecular weight excluding hydrogens is 278 g/mol. The molecule has 3 heterocycles. The van der Waals surface area contributed by atoms with Gasteiger partial charge in [-0.3, -0.25) is 4.79 Å². The summed E-state index contributed by atoms with van der Waals surface area (Å²) in [5, 5.41) is 3.06. The Hall–Kier alpha value is -2.24. The van der Waals surface area contributed by atoms with E-state index in [1.165, 1.54) is 6.33 Å². The Labute approximate surface area is 129 Å². The molecule has 1 aliphatic carbocycles. The number of nitrogens with one attached hydrogen (secondary N) is 1. The number of rotatable bonds is 4. The summed E-state index contributed by atoms with van der Waals surface area (Å²) in [4.78, 5) is 25.1. The summed E-state index contributed by atoms with van der Waals surface area (Å²) in [6.45, 7) is 1.62. The van der Waals surface area contributed by atoms with Crippen LogP contribution < -0.4 is 5.32 Å². The lowest BCUT2D eigenvalue weighted by molar-refractivity contribution is 0.0941. The predicted molar refractivity (Wildman–Crippen MR) is 80.4 cm³/mol. The maximum Gasteiger partial charge on any atom is 0.254 e. The number of imidazole rings is 1. The lowest BCUT2D eigenvalue weighted by atomic mass is 9.99. The van der Waals surface area contributed by atoms with E-state index in [-0.39, 0.29) is 5.91 Å². The molecule has 1 N–H and O–H groups in total. The van der Waals surface area contributed by atoms with Crippen LogP contribution in [0.1, 0.15) is 47.1 Å². The van der Waals surface area contributed by atoms with Crippen LogP contribution in [-0.4, -0.2) is 32.0 Å². The van der Waals surface area contributed by atoms with E-state index in [0.29, 0.717) is 23.9 Å². The molecule has 6 nitrogen and oxygen atoms in total. The lowest BCUT2D eigenvalue weighted by Crippen LogP contribution is -2.34. The van der Waals surface area contributed by atoms with Crippen LogP contribution in [0.4, 0.5) is 0 Å².